The molecule has 0 spiro atoms. The minimum atomic E-state index is -5.44. The number of likely N-dealkylation sites (N-methyl/N-ethyl adjacent to an activating group) is 1. The van der Waals surface area contributed by atoms with Crippen LogP contribution in [0.2, 0.25) is 0 Å². The summed E-state index contributed by atoms with van der Waals surface area (Å²) < 4.78 is 78.9. The Morgan fingerprint density at radius 1 is 1.06 bits per heavy atom. The molecule has 0 amide bonds. The third kappa shape index (κ3) is 3.74. The van der Waals surface area contributed by atoms with Crippen LogP contribution in [0.25, 0.3) is 0 Å². The van der Waals surface area contributed by atoms with Crippen LogP contribution in [0.3, 0.4) is 0 Å². The molecule has 0 aromatic rings. The van der Waals surface area contributed by atoms with Crippen molar-refractivity contribution < 1.29 is 31.1 Å². The fraction of sp³-hybridized carbons (Fsp3) is 1.00. The van der Waals surface area contributed by atoms with Gasteiger partial charge in [-0.1, -0.05) is 12.8 Å². The quantitative estimate of drug-likeness (QED) is 0.799. The van der Waals surface area contributed by atoms with Gasteiger partial charge in [0.25, 0.3) is 0 Å². The van der Waals surface area contributed by atoms with Crippen molar-refractivity contribution in [1.82, 2.24) is 5.32 Å². The fourth-order valence-electron chi connectivity index (χ4n) is 2.25. The number of hydrogen-bond acceptors (Lipinski definition) is 2. The van der Waals surface area contributed by atoms with Crippen molar-refractivity contribution in [3.8, 4) is 0 Å². The number of nitrogens with one attached hydrogen (secondary N) is 1. The fourth-order valence-corrected chi connectivity index (χ4v) is 2.25. The van der Waals surface area contributed by atoms with Gasteiger partial charge in [0, 0.05) is 6.54 Å². The Labute approximate surface area is 101 Å². The van der Waals surface area contributed by atoms with Gasteiger partial charge in [0.1, 0.15) is 0 Å². The summed E-state index contributed by atoms with van der Waals surface area (Å²) >= 11 is 0. The van der Waals surface area contributed by atoms with Gasteiger partial charge in [-0.3, -0.25) is 0 Å². The van der Waals surface area contributed by atoms with E-state index in [9.17, 15) is 26.3 Å². The van der Waals surface area contributed by atoms with Gasteiger partial charge in [-0.25, -0.2) is 0 Å². The van der Waals surface area contributed by atoms with Gasteiger partial charge < -0.3 is 10.1 Å². The number of alkyl halides is 6. The molecule has 1 aliphatic carbocycles. The van der Waals surface area contributed by atoms with Crippen LogP contribution in [0, 0.1) is 0 Å². The summed E-state index contributed by atoms with van der Waals surface area (Å²) in [6, 6.07) is 0. The van der Waals surface area contributed by atoms with Gasteiger partial charge in [-0.2, -0.15) is 26.3 Å². The molecule has 0 unspecified atom stereocenters. The molecule has 108 valence electrons. The second-order valence-corrected chi connectivity index (χ2v) is 4.50. The highest BCUT2D eigenvalue weighted by Gasteiger charge is 2.60. The van der Waals surface area contributed by atoms with E-state index in [0.29, 0.717) is 12.8 Å². The molecule has 1 aliphatic rings. The lowest BCUT2D eigenvalue weighted by Gasteiger charge is -2.35. The van der Waals surface area contributed by atoms with Crippen LogP contribution in [0.1, 0.15) is 25.7 Å². The lowest BCUT2D eigenvalue weighted by molar-refractivity contribution is -0.343. The van der Waals surface area contributed by atoms with Crippen LogP contribution < -0.4 is 5.32 Å². The molecule has 1 fully saturated rings. The third-order valence-corrected chi connectivity index (χ3v) is 2.98. The molecule has 1 N–H and O–H groups in total. The molecule has 0 aromatic carbocycles. The first-order valence-corrected chi connectivity index (χ1v) is 5.57. The van der Waals surface area contributed by atoms with Crippen molar-refractivity contribution >= 4 is 0 Å². The van der Waals surface area contributed by atoms with Gasteiger partial charge in [-0.05, 0) is 19.9 Å². The van der Waals surface area contributed by atoms with Crippen LogP contribution in [0.15, 0.2) is 0 Å². The van der Waals surface area contributed by atoms with E-state index in [0.717, 1.165) is 0 Å². The standard InChI is InChI=1S/C10H15F6NO/c1-17-6-8(4-2-3-5-8)18-7(9(11,12)13)10(14,15)16/h7,17H,2-6H2,1H3. The Morgan fingerprint density at radius 2 is 1.50 bits per heavy atom. The smallest absolute Gasteiger partial charge is 0.353 e. The van der Waals surface area contributed by atoms with Gasteiger partial charge in [0.15, 0.2) is 0 Å². The SMILES string of the molecule is CNCC1(OC(C(F)(F)F)C(F)(F)F)CCCC1. The lowest BCUT2D eigenvalue weighted by atomic mass is 10.0. The average Bonchev–Trinajstić information content (AvgIpc) is 2.61. The minimum absolute atomic E-state index is 0.0182. The van der Waals surface area contributed by atoms with E-state index in [1.165, 1.54) is 7.05 Å². The first kappa shape index (κ1) is 15.6. The number of halogens is 6. The summed E-state index contributed by atoms with van der Waals surface area (Å²) in [4.78, 5) is 0. The van der Waals surface area contributed by atoms with Crippen LogP contribution in [-0.4, -0.2) is 37.7 Å². The molecule has 0 saturated heterocycles. The molecule has 2 nitrogen and oxygen atoms in total. The van der Waals surface area contributed by atoms with E-state index in [-0.39, 0.29) is 19.4 Å². The molecule has 0 radical (unpaired) electrons. The average molecular weight is 279 g/mol. The Hall–Kier alpha value is -0.500. The minimum Gasteiger partial charge on any atom is -0.353 e. The zero-order valence-corrected chi connectivity index (χ0v) is 9.79. The maximum absolute atomic E-state index is 12.4. The van der Waals surface area contributed by atoms with Crippen molar-refractivity contribution in [2.75, 3.05) is 13.6 Å². The monoisotopic (exact) mass is 279 g/mol. The normalized spacial score (nSPS) is 20.7. The van der Waals surface area contributed by atoms with Gasteiger partial charge in [-0.15, -0.1) is 0 Å². The Morgan fingerprint density at radius 3 is 1.83 bits per heavy atom. The number of rotatable bonds is 4. The van der Waals surface area contributed by atoms with Gasteiger partial charge in [0.2, 0.25) is 6.10 Å². The van der Waals surface area contributed by atoms with Crippen molar-refractivity contribution in [3.63, 3.8) is 0 Å². The molecule has 1 saturated carbocycles. The summed E-state index contributed by atoms with van der Waals surface area (Å²) in [5.41, 5.74) is -1.37. The molecular weight excluding hydrogens is 264 g/mol. The van der Waals surface area contributed by atoms with Gasteiger partial charge >= 0.3 is 12.4 Å². The van der Waals surface area contributed by atoms with Crippen molar-refractivity contribution in [3.05, 3.63) is 0 Å². The van der Waals surface area contributed by atoms with Gasteiger partial charge in [0.05, 0.1) is 5.60 Å². The third-order valence-electron chi connectivity index (χ3n) is 2.98. The first-order valence-electron chi connectivity index (χ1n) is 5.57. The van der Waals surface area contributed by atoms with Crippen LogP contribution in [0.4, 0.5) is 26.3 Å². The summed E-state index contributed by atoms with van der Waals surface area (Å²) in [5, 5.41) is 2.60. The lowest BCUT2D eigenvalue weighted by Crippen LogP contribution is -2.52. The highest BCUT2D eigenvalue weighted by atomic mass is 19.4. The van der Waals surface area contributed by atoms with E-state index < -0.39 is 24.1 Å². The molecule has 0 heterocycles. The molecule has 1 rings (SSSR count). The second-order valence-electron chi connectivity index (χ2n) is 4.50. The maximum Gasteiger partial charge on any atom is 0.423 e. The molecule has 0 aliphatic heterocycles. The highest BCUT2D eigenvalue weighted by molar-refractivity contribution is 4.91. The van der Waals surface area contributed by atoms with E-state index >= 15 is 0 Å². The largest absolute Gasteiger partial charge is 0.423 e. The molecular formula is C10H15F6NO. The van der Waals surface area contributed by atoms with E-state index in [1.807, 2.05) is 0 Å². The second kappa shape index (κ2) is 5.24. The molecule has 0 aromatic heterocycles. The van der Waals surface area contributed by atoms with Crippen molar-refractivity contribution in [2.24, 2.45) is 0 Å². The number of hydrogen-bond donors (Lipinski definition) is 1. The van der Waals surface area contributed by atoms with E-state index in [1.54, 1.807) is 0 Å². The zero-order valence-electron chi connectivity index (χ0n) is 9.79. The molecule has 0 atom stereocenters. The van der Waals surface area contributed by atoms with Crippen molar-refractivity contribution in [1.29, 1.82) is 0 Å². The Balaban J connectivity index is 2.88. The summed E-state index contributed by atoms with van der Waals surface area (Å²) in [7, 11) is 1.47. The van der Waals surface area contributed by atoms with Crippen LogP contribution >= 0.6 is 0 Å². The van der Waals surface area contributed by atoms with E-state index in [4.69, 9.17) is 0 Å². The summed E-state index contributed by atoms with van der Waals surface area (Å²) in [5.74, 6) is 0. The Kier molecular flexibility index (Phi) is 4.53. The molecule has 8 heteroatoms. The summed E-state index contributed by atoms with van der Waals surface area (Å²) in [6.45, 7) is -0.0182. The predicted octanol–water partition coefficient (Wildman–Crippen LogP) is 3.03. The van der Waals surface area contributed by atoms with E-state index in [2.05, 4.69) is 10.1 Å². The topological polar surface area (TPSA) is 21.3 Å². The molecule has 0 bridgehead atoms. The first-order chi connectivity index (χ1) is 8.11. The summed E-state index contributed by atoms with van der Waals surface area (Å²) in [6.07, 6.45) is -13.0. The van der Waals surface area contributed by atoms with Crippen molar-refractivity contribution in [2.45, 2.75) is 49.7 Å². The molecule has 18 heavy (non-hydrogen) atoms. The van der Waals surface area contributed by atoms with Crippen LogP contribution in [-0.2, 0) is 4.74 Å². The maximum atomic E-state index is 12.4. The zero-order chi connectivity index (χ0) is 14.0. The highest BCUT2D eigenvalue weighted by Crippen LogP contribution is 2.42. The number of ether oxygens (including phenoxy) is 1. The Bertz CT molecular complexity index is 255. The van der Waals surface area contributed by atoms with Crippen LogP contribution in [0.5, 0.6) is 0 Å². The predicted molar refractivity (Wildman–Crippen MR) is 52.1 cm³/mol.